The molecule has 2 nitrogen and oxygen atoms in total. The van der Waals surface area contributed by atoms with E-state index >= 15 is 0 Å². The molecule has 0 spiro atoms. The smallest absolute Gasteiger partial charge is 0.213 e. The van der Waals surface area contributed by atoms with Crippen LogP contribution in [-0.4, -0.2) is 18.1 Å². The van der Waals surface area contributed by atoms with E-state index < -0.39 is 0 Å². The number of nitrogens with zero attached hydrogens (tertiary/aromatic N) is 1. The Kier molecular flexibility index (Phi) is 2.54. The van der Waals surface area contributed by atoms with Gasteiger partial charge in [-0.05, 0) is 31.5 Å². The summed E-state index contributed by atoms with van der Waals surface area (Å²) in [6, 6.07) is 5.02. The van der Waals surface area contributed by atoms with Gasteiger partial charge in [0.1, 0.15) is 0 Å². The van der Waals surface area contributed by atoms with Crippen molar-refractivity contribution in [1.82, 2.24) is 10.3 Å². The van der Waals surface area contributed by atoms with Gasteiger partial charge in [-0.3, -0.25) is 0 Å². The molecule has 0 amide bonds. The zero-order chi connectivity index (χ0) is 9.10. The summed E-state index contributed by atoms with van der Waals surface area (Å²) in [5, 5.41) is 3.29. The predicted molar refractivity (Wildman–Crippen MR) is 49.0 cm³/mol. The lowest BCUT2D eigenvalue weighted by atomic mass is 9.96. The Balaban J connectivity index is 2.14. The lowest BCUT2D eigenvalue weighted by molar-refractivity contribution is 0.447. The van der Waals surface area contributed by atoms with Gasteiger partial charge in [-0.2, -0.15) is 4.39 Å². The molecule has 0 radical (unpaired) electrons. The standard InChI is InChI=1S/C10H13FN2/c11-10-5-1-4-9(13-10)8-3-2-6-12-7-8/h1,4-5,8,12H,2-3,6-7H2. The third-order valence-electron chi connectivity index (χ3n) is 2.45. The van der Waals surface area contributed by atoms with Crippen LogP contribution in [-0.2, 0) is 0 Å². The quantitative estimate of drug-likeness (QED) is 0.665. The van der Waals surface area contributed by atoms with Crippen molar-refractivity contribution in [3.63, 3.8) is 0 Å². The molecule has 70 valence electrons. The number of pyridine rings is 1. The summed E-state index contributed by atoms with van der Waals surface area (Å²) in [6.45, 7) is 2.00. The summed E-state index contributed by atoms with van der Waals surface area (Å²) >= 11 is 0. The highest BCUT2D eigenvalue weighted by atomic mass is 19.1. The van der Waals surface area contributed by atoms with E-state index in [1.54, 1.807) is 6.07 Å². The van der Waals surface area contributed by atoms with Crippen LogP contribution in [0.25, 0.3) is 0 Å². The fourth-order valence-electron chi connectivity index (χ4n) is 1.76. The summed E-state index contributed by atoms with van der Waals surface area (Å²) in [5.74, 6) is 0.0209. The lowest BCUT2D eigenvalue weighted by Crippen LogP contribution is -2.28. The number of rotatable bonds is 1. The van der Waals surface area contributed by atoms with Crippen LogP contribution in [0.2, 0.25) is 0 Å². The molecule has 0 aromatic carbocycles. The molecule has 0 saturated carbocycles. The van der Waals surface area contributed by atoms with Crippen LogP contribution in [0.15, 0.2) is 18.2 Å². The third kappa shape index (κ3) is 2.04. The summed E-state index contributed by atoms with van der Waals surface area (Å²) in [7, 11) is 0. The maximum absolute atomic E-state index is 12.8. The molecule has 13 heavy (non-hydrogen) atoms. The van der Waals surface area contributed by atoms with Gasteiger partial charge in [-0.15, -0.1) is 0 Å². The molecule has 1 fully saturated rings. The molecule has 1 aromatic rings. The van der Waals surface area contributed by atoms with Crippen LogP contribution in [0.4, 0.5) is 4.39 Å². The highest BCUT2D eigenvalue weighted by Gasteiger charge is 2.16. The van der Waals surface area contributed by atoms with Crippen molar-refractivity contribution >= 4 is 0 Å². The van der Waals surface area contributed by atoms with Gasteiger partial charge in [0.15, 0.2) is 0 Å². The normalized spacial score (nSPS) is 23.0. The zero-order valence-electron chi connectivity index (χ0n) is 7.46. The second-order valence-electron chi connectivity index (χ2n) is 3.43. The van der Waals surface area contributed by atoms with Crippen molar-refractivity contribution in [2.24, 2.45) is 0 Å². The first-order chi connectivity index (χ1) is 6.36. The highest BCUT2D eigenvalue weighted by Crippen LogP contribution is 2.20. The Hall–Kier alpha value is -0.960. The number of piperidine rings is 1. The minimum atomic E-state index is -0.372. The first-order valence-electron chi connectivity index (χ1n) is 4.69. The van der Waals surface area contributed by atoms with Crippen molar-refractivity contribution in [3.05, 3.63) is 29.8 Å². The highest BCUT2D eigenvalue weighted by molar-refractivity contribution is 5.11. The maximum Gasteiger partial charge on any atom is 0.213 e. The topological polar surface area (TPSA) is 24.9 Å². The molecule has 3 heteroatoms. The van der Waals surface area contributed by atoms with Crippen LogP contribution in [0.3, 0.4) is 0 Å². The largest absolute Gasteiger partial charge is 0.316 e. The van der Waals surface area contributed by atoms with Crippen LogP contribution in [0.5, 0.6) is 0 Å². The lowest BCUT2D eigenvalue weighted by Gasteiger charge is -2.21. The molecule has 1 aromatic heterocycles. The molecule has 1 atom stereocenters. The number of halogens is 1. The number of nitrogens with one attached hydrogen (secondary N) is 1. The van der Waals surface area contributed by atoms with Crippen molar-refractivity contribution in [3.8, 4) is 0 Å². The van der Waals surface area contributed by atoms with E-state index in [1.165, 1.54) is 6.07 Å². The van der Waals surface area contributed by atoms with E-state index in [4.69, 9.17) is 0 Å². The molecule has 1 N–H and O–H groups in total. The first-order valence-corrected chi connectivity index (χ1v) is 4.69. The van der Waals surface area contributed by atoms with Crippen LogP contribution >= 0.6 is 0 Å². The second-order valence-corrected chi connectivity index (χ2v) is 3.43. The monoisotopic (exact) mass is 180 g/mol. The number of hydrogen-bond donors (Lipinski definition) is 1. The summed E-state index contributed by atoms with van der Waals surface area (Å²) in [5.41, 5.74) is 0.882. The minimum Gasteiger partial charge on any atom is -0.316 e. The Morgan fingerprint density at radius 1 is 1.46 bits per heavy atom. The molecule has 1 unspecified atom stereocenters. The van der Waals surface area contributed by atoms with E-state index in [9.17, 15) is 4.39 Å². The van der Waals surface area contributed by atoms with Gasteiger partial charge in [0.05, 0.1) is 0 Å². The minimum absolute atomic E-state index is 0.372. The van der Waals surface area contributed by atoms with Crippen LogP contribution in [0, 0.1) is 5.95 Å². The molecule has 0 aliphatic carbocycles. The summed E-state index contributed by atoms with van der Waals surface area (Å²) in [6.07, 6.45) is 2.27. The zero-order valence-corrected chi connectivity index (χ0v) is 7.46. The summed E-state index contributed by atoms with van der Waals surface area (Å²) < 4.78 is 12.8. The second kappa shape index (κ2) is 3.83. The Labute approximate surface area is 77.2 Å². The number of aromatic nitrogens is 1. The van der Waals surface area contributed by atoms with Gasteiger partial charge >= 0.3 is 0 Å². The summed E-state index contributed by atoms with van der Waals surface area (Å²) in [4.78, 5) is 3.89. The van der Waals surface area contributed by atoms with E-state index in [-0.39, 0.29) is 5.95 Å². The Bertz CT molecular complexity index is 282. The van der Waals surface area contributed by atoms with Gasteiger partial charge in [0, 0.05) is 18.2 Å². The maximum atomic E-state index is 12.8. The van der Waals surface area contributed by atoms with Crippen LogP contribution < -0.4 is 5.32 Å². The third-order valence-corrected chi connectivity index (χ3v) is 2.45. The van der Waals surface area contributed by atoms with E-state index in [0.29, 0.717) is 5.92 Å². The molecule has 1 aliphatic heterocycles. The molecule has 0 bridgehead atoms. The molecular weight excluding hydrogens is 167 g/mol. The molecule has 2 rings (SSSR count). The van der Waals surface area contributed by atoms with Crippen molar-refractivity contribution < 1.29 is 4.39 Å². The molecule has 1 aliphatic rings. The molecule has 2 heterocycles. The van der Waals surface area contributed by atoms with Gasteiger partial charge in [-0.25, -0.2) is 4.98 Å². The van der Waals surface area contributed by atoms with Gasteiger partial charge in [0.2, 0.25) is 5.95 Å². The van der Waals surface area contributed by atoms with Gasteiger partial charge in [0.25, 0.3) is 0 Å². The Morgan fingerprint density at radius 2 is 2.38 bits per heavy atom. The Morgan fingerprint density at radius 3 is 3.08 bits per heavy atom. The fourth-order valence-corrected chi connectivity index (χ4v) is 1.76. The van der Waals surface area contributed by atoms with E-state index in [1.807, 2.05) is 6.07 Å². The molecular formula is C10H13FN2. The van der Waals surface area contributed by atoms with Crippen molar-refractivity contribution in [2.45, 2.75) is 18.8 Å². The van der Waals surface area contributed by atoms with Gasteiger partial charge in [-0.1, -0.05) is 6.07 Å². The fraction of sp³-hybridized carbons (Fsp3) is 0.500. The van der Waals surface area contributed by atoms with Crippen molar-refractivity contribution in [2.75, 3.05) is 13.1 Å². The van der Waals surface area contributed by atoms with E-state index in [2.05, 4.69) is 10.3 Å². The molecule has 1 saturated heterocycles. The van der Waals surface area contributed by atoms with Crippen LogP contribution in [0.1, 0.15) is 24.5 Å². The predicted octanol–water partition coefficient (Wildman–Crippen LogP) is 1.69. The number of hydrogen-bond acceptors (Lipinski definition) is 2. The average molecular weight is 180 g/mol. The average Bonchev–Trinajstić information content (AvgIpc) is 2.19. The van der Waals surface area contributed by atoms with Gasteiger partial charge < -0.3 is 5.32 Å². The first kappa shape index (κ1) is 8.63. The van der Waals surface area contributed by atoms with E-state index in [0.717, 1.165) is 31.6 Å². The SMILES string of the molecule is Fc1cccc(C2CCCNC2)n1. The van der Waals surface area contributed by atoms with Crippen molar-refractivity contribution in [1.29, 1.82) is 0 Å².